The molecule has 2 fully saturated rings. The van der Waals surface area contributed by atoms with E-state index in [-0.39, 0.29) is 41.8 Å². The van der Waals surface area contributed by atoms with Crippen molar-refractivity contribution >= 4 is 17.6 Å². The SMILES string of the molecule is COc1ccc(C(=O)C2CCN(C(=O)c3ccc(C(=O)N[C@@]4(Cc5cc(C)on5)CCNC[C@@H]4F)cn3)CC2)cc1. The van der Waals surface area contributed by atoms with E-state index >= 15 is 4.39 Å². The minimum atomic E-state index is -1.33. The van der Waals surface area contributed by atoms with E-state index in [1.165, 1.54) is 18.3 Å². The summed E-state index contributed by atoms with van der Waals surface area (Å²) in [5, 5.41) is 9.90. The Kier molecular flexibility index (Phi) is 8.44. The number of halogens is 1. The average Bonchev–Trinajstić information content (AvgIpc) is 3.42. The zero-order valence-electron chi connectivity index (χ0n) is 23.2. The van der Waals surface area contributed by atoms with E-state index in [1.54, 1.807) is 49.3 Å². The largest absolute Gasteiger partial charge is 0.497 e. The average molecular weight is 564 g/mol. The van der Waals surface area contributed by atoms with Crippen molar-refractivity contribution in [3.8, 4) is 5.75 Å². The predicted molar refractivity (Wildman–Crippen MR) is 148 cm³/mol. The molecule has 11 heteroatoms. The second kappa shape index (κ2) is 12.2. The van der Waals surface area contributed by atoms with Crippen LogP contribution in [-0.2, 0) is 6.42 Å². The van der Waals surface area contributed by atoms with Crippen LogP contribution in [0.25, 0.3) is 0 Å². The van der Waals surface area contributed by atoms with Crippen molar-refractivity contribution in [3.05, 3.63) is 76.9 Å². The fourth-order valence-electron chi connectivity index (χ4n) is 5.55. The number of ketones is 1. The molecule has 0 saturated carbocycles. The lowest BCUT2D eigenvalue weighted by molar-refractivity contribution is 0.0644. The Labute approximate surface area is 237 Å². The van der Waals surface area contributed by atoms with Crippen molar-refractivity contribution in [2.75, 3.05) is 33.3 Å². The van der Waals surface area contributed by atoms with Gasteiger partial charge in [-0.05, 0) is 69.1 Å². The molecular formula is C30H34FN5O5. The van der Waals surface area contributed by atoms with Crippen LogP contribution < -0.4 is 15.4 Å². The number of amides is 2. The van der Waals surface area contributed by atoms with Crippen molar-refractivity contribution in [2.24, 2.45) is 5.92 Å². The minimum absolute atomic E-state index is 0.0639. The van der Waals surface area contributed by atoms with Gasteiger partial charge in [-0.25, -0.2) is 4.39 Å². The first-order valence-electron chi connectivity index (χ1n) is 13.8. The van der Waals surface area contributed by atoms with Crippen LogP contribution >= 0.6 is 0 Å². The Hall–Kier alpha value is -4.12. The molecule has 0 radical (unpaired) electrons. The van der Waals surface area contributed by atoms with Crippen molar-refractivity contribution in [1.82, 2.24) is 25.7 Å². The van der Waals surface area contributed by atoms with Gasteiger partial charge >= 0.3 is 0 Å². The highest BCUT2D eigenvalue weighted by molar-refractivity contribution is 5.99. The number of ether oxygens (including phenoxy) is 1. The minimum Gasteiger partial charge on any atom is -0.497 e. The fourth-order valence-corrected chi connectivity index (χ4v) is 5.55. The quantitative estimate of drug-likeness (QED) is 0.401. The van der Waals surface area contributed by atoms with Gasteiger partial charge in [-0.1, -0.05) is 5.16 Å². The third kappa shape index (κ3) is 6.30. The molecule has 2 aromatic heterocycles. The number of piperidine rings is 2. The molecule has 2 atom stereocenters. The van der Waals surface area contributed by atoms with E-state index < -0.39 is 17.6 Å². The van der Waals surface area contributed by atoms with Crippen LogP contribution in [-0.4, -0.2) is 77.6 Å². The third-order valence-corrected chi connectivity index (χ3v) is 7.98. The molecule has 0 unspecified atom stereocenters. The molecule has 1 aromatic carbocycles. The lowest BCUT2D eigenvalue weighted by Gasteiger charge is -2.40. The number of benzene rings is 1. The Morgan fingerprint density at radius 1 is 1.15 bits per heavy atom. The number of aryl methyl sites for hydroxylation is 1. The van der Waals surface area contributed by atoms with Gasteiger partial charge in [0.15, 0.2) is 5.78 Å². The number of hydrogen-bond donors (Lipinski definition) is 2. The first-order chi connectivity index (χ1) is 19.8. The maximum absolute atomic E-state index is 15.2. The molecular weight excluding hydrogens is 529 g/mol. The highest BCUT2D eigenvalue weighted by atomic mass is 19.1. The summed E-state index contributed by atoms with van der Waals surface area (Å²) >= 11 is 0. The molecule has 4 heterocycles. The predicted octanol–water partition coefficient (Wildman–Crippen LogP) is 3.16. The summed E-state index contributed by atoms with van der Waals surface area (Å²) in [6, 6.07) is 11.8. The Balaban J connectivity index is 1.19. The summed E-state index contributed by atoms with van der Waals surface area (Å²) in [5.41, 5.74) is 0.494. The number of carbonyl (C=O) groups excluding carboxylic acids is 3. The number of alkyl halides is 1. The maximum Gasteiger partial charge on any atom is 0.272 e. The zero-order chi connectivity index (χ0) is 29.0. The number of Topliss-reactive ketones (excluding diaryl/α,β-unsaturated/α-hetero) is 1. The van der Waals surface area contributed by atoms with E-state index in [1.807, 2.05) is 0 Å². The number of rotatable bonds is 8. The molecule has 10 nitrogen and oxygen atoms in total. The van der Waals surface area contributed by atoms with Gasteiger partial charge < -0.3 is 24.8 Å². The number of likely N-dealkylation sites (tertiary alicyclic amines) is 1. The zero-order valence-corrected chi connectivity index (χ0v) is 23.2. The molecule has 2 N–H and O–H groups in total. The third-order valence-electron chi connectivity index (χ3n) is 7.98. The van der Waals surface area contributed by atoms with E-state index in [0.29, 0.717) is 61.7 Å². The van der Waals surface area contributed by atoms with Gasteiger partial charge in [-0.3, -0.25) is 19.4 Å². The summed E-state index contributed by atoms with van der Waals surface area (Å²) in [5.74, 6) is 0.482. The second-order valence-corrected chi connectivity index (χ2v) is 10.7. The van der Waals surface area contributed by atoms with Gasteiger partial charge in [0.2, 0.25) is 0 Å². The molecule has 2 aliphatic rings. The summed E-state index contributed by atoms with van der Waals surface area (Å²) in [4.78, 5) is 45.1. The van der Waals surface area contributed by atoms with Crippen LogP contribution in [0.5, 0.6) is 5.75 Å². The molecule has 2 saturated heterocycles. The van der Waals surface area contributed by atoms with Crippen LogP contribution in [0.4, 0.5) is 4.39 Å². The Morgan fingerprint density at radius 2 is 1.88 bits per heavy atom. The van der Waals surface area contributed by atoms with Gasteiger partial charge in [-0.15, -0.1) is 0 Å². The molecule has 0 bridgehead atoms. The number of nitrogens with zero attached hydrogens (tertiary/aromatic N) is 3. The molecule has 3 aromatic rings. The topological polar surface area (TPSA) is 127 Å². The number of methoxy groups -OCH3 is 1. The van der Waals surface area contributed by atoms with Crippen LogP contribution in [0.3, 0.4) is 0 Å². The van der Waals surface area contributed by atoms with Gasteiger partial charge in [0.1, 0.15) is 23.4 Å². The maximum atomic E-state index is 15.2. The van der Waals surface area contributed by atoms with E-state index in [9.17, 15) is 14.4 Å². The van der Waals surface area contributed by atoms with Gasteiger partial charge in [0.25, 0.3) is 11.8 Å². The van der Waals surface area contributed by atoms with E-state index in [4.69, 9.17) is 9.26 Å². The van der Waals surface area contributed by atoms with Crippen molar-refractivity contribution in [3.63, 3.8) is 0 Å². The second-order valence-electron chi connectivity index (χ2n) is 10.7. The summed E-state index contributed by atoms with van der Waals surface area (Å²) < 4.78 is 25.5. The first kappa shape index (κ1) is 28.4. The fraction of sp³-hybridized carbons (Fsp3) is 0.433. The molecule has 2 aliphatic heterocycles. The summed E-state index contributed by atoms with van der Waals surface area (Å²) in [7, 11) is 1.58. The van der Waals surface area contributed by atoms with Gasteiger partial charge in [0, 0.05) is 49.8 Å². The van der Waals surface area contributed by atoms with Crippen LogP contribution in [0.15, 0.2) is 53.2 Å². The summed E-state index contributed by atoms with van der Waals surface area (Å²) in [6.45, 7) is 3.29. The lowest BCUT2D eigenvalue weighted by atomic mass is 9.82. The van der Waals surface area contributed by atoms with Crippen LogP contribution in [0, 0.1) is 12.8 Å². The number of nitrogens with one attached hydrogen (secondary N) is 2. The van der Waals surface area contributed by atoms with Crippen molar-refractivity contribution in [2.45, 2.75) is 44.3 Å². The number of pyridine rings is 1. The number of hydrogen-bond acceptors (Lipinski definition) is 8. The molecule has 2 amide bonds. The van der Waals surface area contributed by atoms with Crippen molar-refractivity contribution in [1.29, 1.82) is 0 Å². The number of carbonyl (C=O) groups is 3. The lowest BCUT2D eigenvalue weighted by Crippen LogP contribution is -2.63. The van der Waals surface area contributed by atoms with Crippen LogP contribution in [0.2, 0.25) is 0 Å². The first-order valence-corrected chi connectivity index (χ1v) is 13.8. The normalized spacial score (nSPS) is 21.3. The van der Waals surface area contributed by atoms with Gasteiger partial charge in [0.05, 0.1) is 23.9 Å². The smallest absolute Gasteiger partial charge is 0.272 e. The molecule has 216 valence electrons. The summed E-state index contributed by atoms with van der Waals surface area (Å²) in [6.07, 6.45) is 1.70. The van der Waals surface area contributed by atoms with E-state index in [2.05, 4.69) is 20.8 Å². The molecule has 5 rings (SSSR count). The highest BCUT2D eigenvalue weighted by Gasteiger charge is 2.43. The molecule has 0 aliphatic carbocycles. The Bertz CT molecular complexity index is 1390. The van der Waals surface area contributed by atoms with E-state index in [0.717, 1.165) is 0 Å². The monoisotopic (exact) mass is 563 g/mol. The molecule has 41 heavy (non-hydrogen) atoms. The highest BCUT2D eigenvalue weighted by Crippen LogP contribution is 2.28. The number of aromatic nitrogens is 2. The van der Waals surface area contributed by atoms with Crippen LogP contribution in [0.1, 0.15) is 61.9 Å². The Morgan fingerprint density at radius 3 is 2.49 bits per heavy atom. The van der Waals surface area contributed by atoms with Crippen molar-refractivity contribution < 1.29 is 28.0 Å². The molecule has 0 spiro atoms. The standard InChI is InChI=1S/C30H34FN5O5/c1-19-15-23(35-41-19)16-30(11-12-32-18-26(30)31)34-28(38)22-5-8-25(33-17-22)29(39)36-13-9-21(10-14-36)27(37)20-3-6-24(40-2)7-4-20/h3-8,15,17,21,26,32H,9-14,16,18H2,1-2H3,(H,34,38)/t26-,30+/m0/s1. The van der Waals surface area contributed by atoms with Gasteiger partial charge in [-0.2, -0.15) is 0 Å².